The third kappa shape index (κ3) is 6.53. The molecule has 1 heteroatoms. The molecule has 0 unspecified atom stereocenters. The van der Waals surface area contributed by atoms with Gasteiger partial charge in [-0.1, -0.05) is 39.5 Å². The van der Waals surface area contributed by atoms with Gasteiger partial charge in [0.25, 0.3) is 0 Å². The van der Waals surface area contributed by atoms with E-state index in [1.165, 1.54) is 11.1 Å². The van der Waals surface area contributed by atoms with Crippen molar-refractivity contribution in [3.63, 3.8) is 0 Å². The first kappa shape index (κ1) is 17.1. The molecule has 0 amide bonds. The molecular weight excluding hydrogens is 333 g/mol. The van der Waals surface area contributed by atoms with E-state index in [0.717, 1.165) is 0 Å². The van der Waals surface area contributed by atoms with E-state index in [4.69, 9.17) is 0 Å². The van der Waals surface area contributed by atoms with E-state index < -0.39 is 0 Å². The molecule has 0 bridgehead atoms. The third-order valence-corrected chi connectivity index (χ3v) is 2.71. The molecule has 0 saturated carbocycles. The zero-order valence-corrected chi connectivity index (χ0v) is 15.1. The second-order valence-corrected chi connectivity index (χ2v) is 4.75. The molecule has 0 heterocycles. The van der Waals surface area contributed by atoms with Crippen LogP contribution in [0.5, 0.6) is 0 Å². The molecule has 2 rings (SSSR count). The molecule has 91 valence electrons. The van der Waals surface area contributed by atoms with Gasteiger partial charge in [-0.2, -0.15) is 35.4 Å². The summed E-state index contributed by atoms with van der Waals surface area (Å²) in [6.45, 7) is 8.81. The first-order chi connectivity index (χ1) is 7.61. The molecule has 0 atom stereocenters. The van der Waals surface area contributed by atoms with Crippen LogP contribution in [0.4, 0.5) is 0 Å². The van der Waals surface area contributed by atoms with Crippen LogP contribution in [-0.4, -0.2) is 0 Å². The van der Waals surface area contributed by atoms with E-state index in [1.54, 1.807) is 0 Å². The topological polar surface area (TPSA) is 0 Å². The maximum atomic E-state index is 2.20. The van der Waals surface area contributed by atoms with Crippen molar-refractivity contribution < 1.29 is 41.3 Å². The molecule has 0 N–H and O–H groups in total. The monoisotopic (exact) mass is 355 g/mol. The molecule has 17 heavy (non-hydrogen) atoms. The zero-order valence-electron chi connectivity index (χ0n) is 11.4. The Morgan fingerprint density at radius 2 is 0.824 bits per heavy atom. The standard InChI is InChI=1S/2C8H11.Pr/c2*1-7(2)8-5-3-4-6-8;/h2*3-7H,1-2H3;/q2*-1;. The molecule has 0 aliphatic heterocycles. The van der Waals surface area contributed by atoms with Crippen LogP contribution in [0.1, 0.15) is 50.7 Å². The van der Waals surface area contributed by atoms with Crippen LogP contribution in [0, 0.1) is 41.3 Å². The molecule has 0 aliphatic carbocycles. The summed E-state index contributed by atoms with van der Waals surface area (Å²) >= 11 is 0. The maximum absolute atomic E-state index is 2.20. The van der Waals surface area contributed by atoms with Crippen molar-refractivity contribution in [1.29, 1.82) is 0 Å². The number of hydrogen-bond donors (Lipinski definition) is 0. The molecule has 0 aromatic heterocycles. The summed E-state index contributed by atoms with van der Waals surface area (Å²) in [6.07, 6.45) is 0. The molecule has 2 aromatic carbocycles. The third-order valence-electron chi connectivity index (χ3n) is 2.71. The predicted molar refractivity (Wildman–Crippen MR) is 72.2 cm³/mol. The summed E-state index contributed by atoms with van der Waals surface area (Å²) in [5.74, 6) is 1.37. The van der Waals surface area contributed by atoms with Gasteiger partial charge in [-0.3, -0.25) is 0 Å². The fraction of sp³-hybridized carbons (Fsp3) is 0.375. The minimum absolute atomic E-state index is 0. The molecule has 1 radical (unpaired) electrons. The normalized spacial score (nSPS) is 9.76. The summed E-state index contributed by atoms with van der Waals surface area (Å²) < 4.78 is 0. The van der Waals surface area contributed by atoms with Gasteiger partial charge in [0.2, 0.25) is 0 Å². The van der Waals surface area contributed by atoms with Gasteiger partial charge in [0, 0.05) is 41.3 Å². The second-order valence-electron chi connectivity index (χ2n) is 4.75. The minimum atomic E-state index is 0. The summed E-state index contributed by atoms with van der Waals surface area (Å²) in [5.41, 5.74) is 2.87. The van der Waals surface area contributed by atoms with E-state index in [1.807, 2.05) is 0 Å². The van der Waals surface area contributed by atoms with Gasteiger partial charge in [0.1, 0.15) is 0 Å². The van der Waals surface area contributed by atoms with Crippen molar-refractivity contribution in [1.82, 2.24) is 0 Å². The molecular formula is C16H22Pr-2. The summed E-state index contributed by atoms with van der Waals surface area (Å²) in [6, 6.07) is 16.9. The van der Waals surface area contributed by atoms with E-state index in [0.29, 0.717) is 11.8 Å². The Morgan fingerprint density at radius 3 is 0.941 bits per heavy atom. The van der Waals surface area contributed by atoms with Crippen LogP contribution in [0.3, 0.4) is 0 Å². The molecule has 0 nitrogen and oxygen atoms in total. The smallest absolute Gasteiger partial charge is 0 e. The van der Waals surface area contributed by atoms with Crippen LogP contribution >= 0.6 is 0 Å². The first-order valence-corrected chi connectivity index (χ1v) is 6.04. The SMILES string of the molecule is CC(C)[c-]1cccc1.CC(C)[c-]1cccc1.[Pr]. The predicted octanol–water partition coefficient (Wildman–Crippen LogP) is 5.06. The van der Waals surface area contributed by atoms with Gasteiger partial charge in [0.15, 0.2) is 0 Å². The van der Waals surface area contributed by atoms with E-state index in [9.17, 15) is 0 Å². The van der Waals surface area contributed by atoms with Crippen molar-refractivity contribution in [2.45, 2.75) is 39.5 Å². The Morgan fingerprint density at radius 1 is 0.588 bits per heavy atom. The van der Waals surface area contributed by atoms with Crippen LogP contribution in [-0.2, 0) is 0 Å². The minimum Gasteiger partial charge on any atom is -0.213 e. The molecule has 0 fully saturated rings. The number of hydrogen-bond acceptors (Lipinski definition) is 0. The molecule has 0 spiro atoms. The fourth-order valence-corrected chi connectivity index (χ4v) is 1.55. The maximum Gasteiger partial charge on any atom is 0 e. The summed E-state index contributed by atoms with van der Waals surface area (Å²) in [7, 11) is 0. The van der Waals surface area contributed by atoms with Gasteiger partial charge in [-0.25, -0.2) is 24.3 Å². The summed E-state index contributed by atoms with van der Waals surface area (Å²) in [4.78, 5) is 0. The first-order valence-electron chi connectivity index (χ1n) is 6.04. The van der Waals surface area contributed by atoms with Crippen LogP contribution in [0.25, 0.3) is 0 Å². The Labute approximate surface area is 139 Å². The number of rotatable bonds is 2. The van der Waals surface area contributed by atoms with Gasteiger partial charge in [-0.15, -0.1) is 0 Å². The average molecular weight is 355 g/mol. The van der Waals surface area contributed by atoms with Crippen molar-refractivity contribution in [3.05, 3.63) is 59.7 Å². The van der Waals surface area contributed by atoms with Crippen molar-refractivity contribution in [3.8, 4) is 0 Å². The summed E-state index contributed by atoms with van der Waals surface area (Å²) in [5, 5.41) is 0. The van der Waals surface area contributed by atoms with Crippen LogP contribution in [0.2, 0.25) is 0 Å². The fourth-order valence-electron chi connectivity index (χ4n) is 1.55. The second kappa shape index (κ2) is 9.05. The van der Waals surface area contributed by atoms with Gasteiger partial charge >= 0.3 is 0 Å². The quantitative estimate of drug-likeness (QED) is 0.661. The van der Waals surface area contributed by atoms with Gasteiger partial charge in [0.05, 0.1) is 0 Å². The zero-order chi connectivity index (χ0) is 12.0. The molecule has 2 aromatic rings. The van der Waals surface area contributed by atoms with Crippen molar-refractivity contribution >= 4 is 0 Å². The van der Waals surface area contributed by atoms with E-state index in [-0.39, 0.29) is 41.3 Å². The van der Waals surface area contributed by atoms with Crippen LogP contribution in [0.15, 0.2) is 48.5 Å². The van der Waals surface area contributed by atoms with Gasteiger partial charge < -0.3 is 0 Å². The van der Waals surface area contributed by atoms with Gasteiger partial charge in [-0.05, 0) is 0 Å². The van der Waals surface area contributed by atoms with Crippen molar-refractivity contribution in [2.24, 2.45) is 0 Å². The van der Waals surface area contributed by atoms with E-state index in [2.05, 4.69) is 76.2 Å². The Kier molecular flexibility index (Phi) is 9.09. The Balaban J connectivity index is 0.000000284. The largest absolute Gasteiger partial charge is 0.213 e. The van der Waals surface area contributed by atoms with Crippen LogP contribution < -0.4 is 0 Å². The molecule has 0 aliphatic rings. The average Bonchev–Trinajstić information content (AvgIpc) is 2.93. The Hall–Kier alpha value is 0.0636. The van der Waals surface area contributed by atoms with E-state index >= 15 is 0 Å². The van der Waals surface area contributed by atoms with Crippen molar-refractivity contribution in [2.75, 3.05) is 0 Å². The molecule has 0 saturated heterocycles. The Bertz CT molecular complexity index is 314.